The number of aryl methyl sites for hydroxylation is 2. The molecule has 1 aliphatic heterocycles. The van der Waals surface area contributed by atoms with E-state index in [1.807, 2.05) is 18.7 Å². The van der Waals surface area contributed by atoms with E-state index in [1.54, 1.807) is 12.1 Å². The van der Waals surface area contributed by atoms with Gasteiger partial charge < -0.3 is 10.1 Å². The fraction of sp³-hybridized carbons (Fsp3) is 0.412. The van der Waals surface area contributed by atoms with Crippen molar-refractivity contribution in [1.29, 1.82) is 0 Å². The number of aromatic amines is 1. The number of H-pyrrole nitrogens is 1. The zero-order chi connectivity index (χ0) is 18.0. The molecule has 3 rings (SSSR count). The Morgan fingerprint density at radius 3 is 3.00 bits per heavy atom. The summed E-state index contributed by atoms with van der Waals surface area (Å²) in [7, 11) is 0. The van der Waals surface area contributed by atoms with Crippen molar-refractivity contribution in [3.05, 3.63) is 46.0 Å². The molecule has 1 aromatic carbocycles. The van der Waals surface area contributed by atoms with Crippen LogP contribution in [0, 0.1) is 19.7 Å². The van der Waals surface area contributed by atoms with Crippen LogP contribution in [0.25, 0.3) is 0 Å². The maximum atomic E-state index is 13.3. The topological polar surface area (TPSA) is 70.2 Å². The molecule has 2 aromatic rings. The molecule has 1 unspecified atom stereocenters. The summed E-state index contributed by atoms with van der Waals surface area (Å²) < 4.78 is 19.1. The molecule has 6 nitrogen and oxygen atoms in total. The predicted molar refractivity (Wildman–Crippen MR) is 93.2 cm³/mol. The van der Waals surface area contributed by atoms with Crippen LogP contribution >= 0.6 is 11.6 Å². The number of halogens is 2. The van der Waals surface area contributed by atoms with E-state index in [-0.39, 0.29) is 23.6 Å². The minimum atomic E-state index is -0.455. The number of carbonyl (C=O) groups excluding carboxylic acids is 1. The van der Waals surface area contributed by atoms with E-state index < -0.39 is 5.82 Å². The first-order valence-electron chi connectivity index (χ1n) is 8.04. The Bertz CT molecular complexity index is 761. The Balaban J connectivity index is 1.61. The summed E-state index contributed by atoms with van der Waals surface area (Å²) in [4.78, 5) is 14.3. The van der Waals surface area contributed by atoms with E-state index in [4.69, 9.17) is 16.3 Å². The summed E-state index contributed by atoms with van der Waals surface area (Å²) in [5.74, 6) is -0.561. The summed E-state index contributed by atoms with van der Waals surface area (Å²) in [5, 5.41) is 9.87. The number of hydrogen-bond donors (Lipinski definition) is 2. The fourth-order valence-corrected chi connectivity index (χ4v) is 3.07. The number of morpholine rings is 1. The van der Waals surface area contributed by atoms with E-state index in [9.17, 15) is 9.18 Å². The average Bonchev–Trinajstić information content (AvgIpc) is 2.89. The van der Waals surface area contributed by atoms with Crippen LogP contribution in [0.2, 0.25) is 5.02 Å². The highest BCUT2D eigenvalue weighted by Crippen LogP contribution is 2.26. The van der Waals surface area contributed by atoms with Crippen molar-refractivity contribution in [3.8, 4) is 0 Å². The molecule has 0 aliphatic carbocycles. The second-order valence-corrected chi connectivity index (χ2v) is 6.53. The van der Waals surface area contributed by atoms with E-state index in [0.29, 0.717) is 19.7 Å². The molecule has 2 heterocycles. The molecule has 1 aromatic heterocycles. The van der Waals surface area contributed by atoms with E-state index >= 15 is 0 Å². The number of amides is 1. The Hall–Kier alpha value is -1.96. The first-order valence-corrected chi connectivity index (χ1v) is 8.42. The van der Waals surface area contributed by atoms with Gasteiger partial charge in [0, 0.05) is 13.1 Å². The van der Waals surface area contributed by atoms with Crippen LogP contribution in [0.1, 0.15) is 23.1 Å². The van der Waals surface area contributed by atoms with Gasteiger partial charge in [-0.2, -0.15) is 5.10 Å². The Morgan fingerprint density at radius 2 is 2.32 bits per heavy atom. The van der Waals surface area contributed by atoms with Gasteiger partial charge in [-0.1, -0.05) is 17.7 Å². The highest BCUT2D eigenvalue weighted by atomic mass is 35.5. The number of anilines is 1. The van der Waals surface area contributed by atoms with Gasteiger partial charge in [0.1, 0.15) is 5.82 Å². The van der Waals surface area contributed by atoms with E-state index in [0.717, 1.165) is 22.6 Å². The molecule has 25 heavy (non-hydrogen) atoms. The minimum absolute atomic E-state index is 0.0712. The van der Waals surface area contributed by atoms with Crippen LogP contribution in [0.3, 0.4) is 0 Å². The molecule has 0 radical (unpaired) electrons. The molecule has 1 saturated heterocycles. The third kappa shape index (κ3) is 4.18. The van der Waals surface area contributed by atoms with Crippen LogP contribution < -0.4 is 5.32 Å². The molecule has 1 amide bonds. The number of hydrogen-bond acceptors (Lipinski definition) is 4. The van der Waals surface area contributed by atoms with Crippen molar-refractivity contribution in [2.24, 2.45) is 0 Å². The largest absolute Gasteiger partial charge is 0.371 e. The summed E-state index contributed by atoms with van der Waals surface area (Å²) in [6.45, 7) is 5.64. The van der Waals surface area contributed by atoms with Crippen molar-refractivity contribution in [2.45, 2.75) is 20.0 Å². The molecule has 0 saturated carbocycles. The lowest BCUT2D eigenvalue weighted by Crippen LogP contribution is -2.42. The molecular weight excluding hydrogens is 347 g/mol. The molecule has 1 aliphatic rings. The lowest BCUT2D eigenvalue weighted by Gasteiger charge is -2.32. The van der Waals surface area contributed by atoms with Crippen molar-refractivity contribution >= 4 is 23.2 Å². The highest BCUT2D eigenvalue weighted by molar-refractivity contribution is 6.30. The first kappa shape index (κ1) is 17.8. The lowest BCUT2D eigenvalue weighted by atomic mass is 10.1. The van der Waals surface area contributed by atoms with Crippen LogP contribution in [0.15, 0.2) is 18.2 Å². The normalized spacial score (nSPS) is 18.3. The third-order valence-electron chi connectivity index (χ3n) is 4.23. The minimum Gasteiger partial charge on any atom is -0.371 e. The highest BCUT2D eigenvalue weighted by Gasteiger charge is 2.24. The monoisotopic (exact) mass is 366 g/mol. The van der Waals surface area contributed by atoms with Crippen molar-refractivity contribution in [3.63, 3.8) is 0 Å². The molecular formula is C17H20ClFN4O2. The number of rotatable bonds is 4. The summed E-state index contributed by atoms with van der Waals surface area (Å²) in [5.41, 5.74) is 3.11. The van der Waals surface area contributed by atoms with Gasteiger partial charge in [-0.05, 0) is 31.5 Å². The van der Waals surface area contributed by atoms with Gasteiger partial charge in [-0.25, -0.2) is 4.39 Å². The maximum Gasteiger partial charge on any atom is 0.238 e. The Morgan fingerprint density at radius 1 is 1.52 bits per heavy atom. The Labute approximate surface area is 150 Å². The quantitative estimate of drug-likeness (QED) is 0.873. The van der Waals surface area contributed by atoms with Gasteiger partial charge >= 0.3 is 0 Å². The zero-order valence-electron chi connectivity index (χ0n) is 14.1. The molecule has 0 spiro atoms. The maximum absolute atomic E-state index is 13.3. The number of nitrogens with one attached hydrogen (secondary N) is 2. The van der Waals surface area contributed by atoms with Crippen LogP contribution in [-0.4, -0.2) is 47.2 Å². The van der Waals surface area contributed by atoms with Gasteiger partial charge in [0.2, 0.25) is 5.91 Å². The van der Waals surface area contributed by atoms with E-state index in [1.165, 1.54) is 6.07 Å². The first-order chi connectivity index (χ1) is 11.9. The van der Waals surface area contributed by atoms with Crippen molar-refractivity contribution < 1.29 is 13.9 Å². The van der Waals surface area contributed by atoms with Gasteiger partial charge in [0.25, 0.3) is 0 Å². The van der Waals surface area contributed by atoms with Gasteiger partial charge in [-0.15, -0.1) is 0 Å². The number of nitrogens with zero attached hydrogens (tertiary/aromatic N) is 2. The number of carbonyl (C=O) groups is 1. The van der Waals surface area contributed by atoms with Crippen LogP contribution in [-0.2, 0) is 9.53 Å². The summed E-state index contributed by atoms with van der Waals surface area (Å²) in [6.07, 6.45) is -0.239. The van der Waals surface area contributed by atoms with Crippen molar-refractivity contribution in [1.82, 2.24) is 15.1 Å². The van der Waals surface area contributed by atoms with Crippen LogP contribution in [0.5, 0.6) is 0 Å². The molecule has 2 N–H and O–H groups in total. The summed E-state index contributed by atoms with van der Waals surface area (Å²) in [6, 6.07) is 4.56. The SMILES string of the molecule is Cc1n[nH]c(C)c1NC(=O)CN1CCOC(c2ccc(F)c(Cl)c2)C1. The molecule has 0 bridgehead atoms. The third-order valence-corrected chi connectivity index (χ3v) is 4.52. The smallest absolute Gasteiger partial charge is 0.238 e. The lowest BCUT2D eigenvalue weighted by molar-refractivity contribution is -0.119. The average molecular weight is 367 g/mol. The fourth-order valence-electron chi connectivity index (χ4n) is 2.88. The van der Waals surface area contributed by atoms with Gasteiger partial charge in [0.05, 0.1) is 41.4 Å². The second kappa shape index (κ2) is 7.51. The number of benzene rings is 1. The second-order valence-electron chi connectivity index (χ2n) is 6.13. The van der Waals surface area contributed by atoms with Gasteiger partial charge in [0.15, 0.2) is 0 Å². The molecule has 1 atom stereocenters. The predicted octanol–water partition coefficient (Wildman–Crippen LogP) is 2.83. The van der Waals surface area contributed by atoms with E-state index in [2.05, 4.69) is 15.5 Å². The molecule has 1 fully saturated rings. The molecule has 134 valence electrons. The van der Waals surface area contributed by atoms with Gasteiger partial charge in [-0.3, -0.25) is 14.8 Å². The zero-order valence-corrected chi connectivity index (χ0v) is 14.9. The number of ether oxygens (including phenoxy) is 1. The Kier molecular flexibility index (Phi) is 5.36. The van der Waals surface area contributed by atoms with Crippen LogP contribution in [0.4, 0.5) is 10.1 Å². The summed E-state index contributed by atoms with van der Waals surface area (Å²) >= 11 is 5.85. The molecule has 8 heteroatoms. The standard InChI is InChI=1S/C17H20ClFN4O2/c1-10-17(11(2)22-21-10)20-16(24)9-23-5-6-25-15(8-23)12-3-4-14(19)13(18)7-12/h3-4,7,15H,5-6,8-9H2,1-2H3,(H,20,24)(H,21,22). The number of aromatic nitrogens is 2. The van der Waals surface area contributed by atoms with Crippen molar-refractivity contribution in [2.75, 3.05) is 31.6 Å².